The van der Waals surface area contributed by atoms with Crippen LogP contribution in [0.3, 0.4) is 0 Å². The average molecular weight is 572 g/mol. The lowest BCUT2D eigenvalue weighted by atomic mass is 9.61. The third-order valence-electron chi connectivity index (χ3n) is 11.4. The molecule has 2 saturated heterocycles. The topological polar surface area (TPSA) is 28.1 Å². The molecule has 0 radical (unpaired) electrons. The number of hydrogen-bond acceptors (Lipinski definition) is 4. The van der Waals surface area contributed by atoms with Gasteiger partial charge in [0.05, 0.1) is 5.71 Å². The van der Waals surface area contributed by atoms with E-state index in [-0.39, 0.29) is 29.0 Å². The van der Waals surface area contributed by atoms with Crippen molar-refractivity contribution in [2.24, 2.45) is 39.5 Å². The van der Waals surface area contributed by atoms with Crippen molar-refractivity contribution in [3.05, 3.63) is 119 Å². The highest BCUT2D eigenvalue weighted by Gasteiger charge is 2.63. The van der Waals surface area contributed by atoms with Gasteiger partial charge in [0.15, 0.2) is 5.82 Å². The van der Waals surface area contributed by atoms with Gasteiger partial charge in [0.1, 0.15) is 23.7 Å². The highest BCUT2D eigenvalue weighted by atomic mass is 16.5. The van der Waals surface area contributed by atoms with Gasteiger partial charge in [0.25, 0.3) is 0 Å². The summed E-state index contributed by atoms with van der Waals surface area (Å²) in [5, 5.41) is 0. The van der Waals surface area contributed by atoms with E-state index in [2.05, 4.69) is 119 Å². The van der Waals surface area contributed by atoms with Crippen molar-refractivity contribution in [3.8, 4) is 0 Å². The Kier molecular flexibility index (Phi) is 5.66. The van der Waals surface area contributed by atoms with E-state index >= 15 is 0 Å². The van der Waals surface area contributed by atoms with Gasteiger partial charge in [-0.15, -0.1) is 0 Å². The molecule has 0 N–H and O–H groups in total. The Labute approximate surface area is 257 Å². The summed E-state index contributed by atoms with van der Waals surface area (Å²) >= 11 is 0. The second kappa shape index (κ2) is 9.00. The van der Waals surface area contributed by atoms with E-state index in [9.17, 15) is 0 Å². The predicted molar refractivity (Wildman–Crippen MR) is 174 cm³/mol. The number of nitrogens with zero attached hydrogens (tertiary/aromatic N) is 3. The Hall–Kier alpha value is -3.53. The molecule has 0 amide bonds. The van der Waals surface area contributed by atoms with Crippen molar-refractivity contribution < 1.29 is 4.74 Å². The minimum Gasteiger partial charge on any atom is -0.489 e. The van der Waals surface area contributed by atoms with Crippen LogP contribution in [-0.4, -0.2) is 27.8 Å². The molecule has 0 aromatic heterocycles. The van der Waals surface area contributed by atoms with Crippen LogP contribution in [0.5, 0.6) is 0 Å². The SMILES string of the molecule is C=C1C2OC3=C4C(CCC3(C)C2C=CC1C(C)(C)C)C(=C)N1C2=C(C(C(C)C)=N2)N(C2=CCC(c3ccccc3)C=C2)C41. The van der Waals surface area contributed by atoms with Crippen molar-refractivity contribution >= 4 is 5.71 Å². The van der Waals surface area contributed by atoms with Gasteiger partial charge >= 0.3 is 0 Å². The molecule has 222 valence electrons. The lowest BCUT2D eigenvalue weighted by Gasteiger charge is -2.41. The third-order valence-corrected chi connectivity index (χ3v) is 11.4. The Morgan fingerprint density at radius 1 is 1.05 bits per heavy atom. The molecule has 1 aromatic carbocycles. The fraction of sp³-hybridized carbons (Fsp3) is 0.462. The van der Waals surface area contributed by atoms with Crippen molar-refractivity contribution in [1.82, 2.24) is 9.80 Å². The Morgan fingerprint density at radius 3 is 2.49 bits per heavy atom. The van der Waals surface area contributed by atoms with Crippen LogP contribution in [-0.2, 0) is 4.74 Å². The van der Waals surface area contributed by atoms with Gasteiger partial charge < -0.3 is 14.5 Å². The van der Waals surface area contributed by atoms with Gasteiger partial charge in [-0.2, -0.15) is 0 Å². The Morgan fingerprint density at radius 2 is 1.81 bits per heavy atom. The molecule has 4 aliphatic heterocycles. The lowest BCUT2D eigenvalue weighted by Crippen LogP contribution is -2.40. The first-order valence-electron chi connectivity index (χ1n) is 16.3. The van der Waals surface area contributed by atoms with Gasteiger partial charge in [-0.1, -0.05) is 109 Å². The number of allylic oxidation sites excluding steroid dienone is 7. The maximum absolute atomic E-state index is 7.20. The number of ether oxygens (including phenoxy) is 1. The van der Waals surface area contributed by atoms with Crippen LogP contribution in [0, 0.1) is 34.5 Å². The van der Waals surface area contributed by atoms with E-state index < -0.39 is 0 Å². The molecule has 7 atom stereocenters. The first kappa shape index (κ1) is 27.0. The van der Waals surface area contributed by atoms with E-state index in [0.717, 1.165) is 25.1 Å². The molecule has 8 rings (SSSR count). The van der Waals surface area contributed by atoms with Crippen LogP contribution in [0.1, 0.15) is 72.3 Å². The molecule has 2 fully saturated rings. The Bertz CT molecular complexity index is 1630. The second-order valence-corrected chi connectivity index (χ2v) is 15.3. The molecule has 7 unspecified atom stereocenters. The van der Waals surface area contributed by atoms with Crippen LogP contribution in [0.4, 0.5) is 0 Å². The zero-order valence-electron chi connectivity index (χ0n) is 26.6. The number of rotatable bonds is 3. The summed E-state index contributed by atoms with van der Waals surface area (Å²) in [7, 11) is 0. The number of hydrogen-bond donors (Lipinski definition) is 0. The second-order valence-electron chi connectivity index (χ2n) is 15.3. The summed E-state index contributed by atoms with van der Waals surface area (Å²) in [6.07, 6.45) is 15.3. The van der Waals surface area contributed by atoms with Crippen LogP contribution in [0.15, 0.2) is 119 Å². The summed E-state index contributed by atoms with van der Waals surface area (Å²) in [6.45, 7) is 23.3. The molecule has 3 aliphatic carbocycles. The van der Waals surface area contributed by atoms with E-state index in [0.29, 0.717) is 23.7 Å². The third kappa shape index (κ3) is 3.58. The molecule has 43 heavy (non-hydrogen) atoms. The fourth-order valence-corrected chi connectivity index (χ4v) is 9.08. The molecule has 4 heteroatoms. The van der Waals surface area contributed by atoms with Gasteiger partial charge in [0.2, 0.25) is 0 Å². The standard InChI is InChI=1S/C39H45N3O/c1-22(2)32-33-36(40-32)41-24(4)28-20-21-39(8)30-19-18-29(38(5,6)7)23(3)34(30)43-35(39)31(28)37(41)42(33)27-16-14-26(15-17-27)25-12-10-9-11-13-25/h9-14,16-19,22,26,28-30,34,37H,3-4,15,20-21H2,1-2,5-8H3. The highest BCUT2D eigenvalue weighted by molar-refractivity contribution is 6.08. The average Bonchev–Trinajstić information content (AvgIpc) is 3.52. The van der Waals surface area contributed by atoms with Crippen molar-refractivity contribution in [1.29, 1.82) is 0 Å². The van der Waals surface area contributed by atoms with Gasteiger partial charge in [-0.25, -0.2) is 4.99 Å². The van der Waals surface area contributed by atoms with E-state index in [1.807, 2.05) is 0 Å². The quantitative estimate of drug-likeness (QED) is 0.339. The predicted octanol–water partition coefficient (Wildman–Crippen LogP) is 8.84. The zero-order chi connectivity index (χ0) is 30.0. The number of benzene rings is 1. The van der Waals surface area contributed by atoms with Gasteiger partial charge in [-0.3, -0.25) is 0 Å². The molecular weight excluding hydrogens is 526 g/mol. The molecule has 0 saturated carbocycles. The number of fused-ring (bicyclic) bond motifs is 7. The van der Waals surface area contributed by atoms with Gasteiger partial charge in [0, 0.05) is 46.1 Å². The first-order chi connectivity index (χ1) is 20.5. The molecule has 0 bridgehead atoms. The minimum atomic E-state index is -0.0470. The lowest BCUT2D eigenvalue weighted by molar-refractivity contribution is 0.140. The van der Waals surface area contributed by atoms with Crippen molar-refractivity contribution in [2.75, 3.05) is 0 Å². The molecule has 7 aliphatic rings. The van der Waals surface area contributed by atoms with Crippen molar-refractivity contribution in [3.63, 3.8) is 0 Å². The molecule has 4 heterocycles. The minimum absolute atomic E-state index is 0.0251. The van der Waals surface area contributed by atoms with Crippen LogP contribution >= 0.6 is 0 Å². The van der Waals surface area contributed by atoms with Gasteiger partial charge in [-0.05, 0) is 47.8 Å². The largest absolute Gasteiger partial charge is 0.489 e. The molecule has 4 nitrogen and oxygen atoms in total. The summed E-state index contributed by atoms with van der Waals surface area (Å²) in [5.41, 5.74) is 9.01. The summed E-state index contributed by atoms with van der Waals surface area (Å²) in [5.74, 6) is 3.97. The molecule has 0 spiro atoms. The van der Waals surface area contributed by atoms with Crippen LogP contribution in [0.2, 0.25) is 0 Å². The molecule has 1 aromatic rings. The monoisotopic (exact) mass is 571 g/mol. The summed E-state index contributed by atoms with van der Waals surface area (Å²) in [4.78, 5) is 10.2. The fourth-order valence-electron chi connectivity index (χ4n) is 9.08. The van der Waals surface area contributed by atoms with E-state index in [1.54, 1.807) is 0 Å². The summed E-state index contributed by atoms with van der Waals surface area (Å²) in [6, 6.07) is 10.9. The number of aliphatic imine (C=N–C) groups is 1. The van der Waals surface area contributed by atoms with Crippen LogP contribution < -0.4 is 0 Å². The highest BCUT2D eigenvalue weighted by Crippen LogP contribution is 2.65. The van der Waals surface area contributed by atoms with E-state index in [1.165, 1.54) is 45.3 Å². The van der Waals surface area contributed by atoms with E-state index in [4.69, 9.17) is 16.3 Å². The van der Waals surface area contributed by atoms with Crippen LogP contribution in [0.25, 0.3) is 0 Å². The maximum Gasteiger partial charge on any atom is 0.161 e. The smallest absolute Gasteiger partial charge is 0.161 e. The Balaban J connectivity index is 1.22. The first-order valence-corrected chi connectivity index (χ1v) is 16.3. The maximum atomic E-state index is 7.20. The molecular formula is C39H45N3O. The zero-order valence-corrected chi connectivity index (χ0v) is 26.6. The normalized spacial score (nSPS) is 35.8. The van der Waals surface area contributed by atoms with Crippen molar-refractivity contribution in [2.45, 2.75) is 79.0 Å². The summed E-state index contributed by atoms with van der Waals surface area (Å²) < 4.78 is 7.20.